The summed E-state index contributed by atoms with van der Waals surface area (Å²) in [6.07, 6.45) is 1.97. The minimum Gasteiger partial charge on any atom is -0.508 e. The molecule has 110 valence electrons. The van der Waals surface area contributed by atoms with Crippen LogP contribution < -0.4 is 10.1 Å². The molecule has 0 radical (unpaired) electrons. The Morgan fingerprint density at radius 3 is 2.67 bits per heavy atom. The Morgan fingerprint density at radius 2 is 1.95 bits per heavy atom. The van der Waals surface area contributed by atoms with Crippen LogP contribution in [-0.4, -0.2) is 12.2 Å². The van der Waals surface area contributed by atoms with Crippen molar-refractivity contribution in [2.24, 2.45) is 0 Å². The summed E-state index contributed by atoms with van der Waals surface area (Å²) in [7, 11) is 1.68. The molecule has 0 saturated heterocycles. The molecule has 0 aliphatic heterocycles. The summed E-state index contributed by atoms with van der Waals surface area (Å²) in [5.74, 6) is 1.30. The summed E-state index contributed by atoms with van der Waals surface area (Å²) in [6, 6.07) is 14.5. The SMILES string of the molecule is COc1ccc(C(C)NC2CCc3c(O)cccc32)cc1. The van der Waals surface area contributed by atoms with Crippen LogP contribution in [0.5, 0.6) is 11.5 Å². The Labute approximate surface area is 125 Å². The van der Waals surface area contributed by atoms with E-state index < -0.39 is 0 Å². The topological polar surface area (TPSA) is 41.5 Å². The van der Waals surface area contributed by atoms with Gasteiger partial charge < -0.3 is 15.2 Å². The van der Waals surface area contributed by atoms with Crippen LogP contribution in [0.2, 0.25) is 0 Å². The molecule has 1 aliphatic rings. The van der Waals surface area contributed by atoms with Crippen LogP contribution in [0.15, 0.2) is 42.5 Å². The van der Waals surface area contributed by atoms with Crippen molar-refractivity contribution < 1.29 is 9.84 Å². The summed E-state index contributed by atoms with van der Waals surface area (Å²) in [4.78, 5) is 0. The molecule has 0 heterocycles. The predicted molar refractivity (Wildman–Crippen MR) is 83.7 cm³/mol. The number of fused-ring (bicyclic) bond motifs is 1. The van der Waals surface area contributed by atoms with Gasteiger partial charge in [0.15, 0.2) is 0 Å². The lowest BCUT2D eigenvalue weighted by atomic mass is 10.0. The lowest BCUT2D eigenvalue weighted by Gasteiger charge is -2.21. The highest BCUT2D eigenvalue weighted by Crippen LogP contribution is 2.37. The third kappa shape index (κ3) is 2.74. The van der Waals surface area contributed by atoms with E-state index >= 15 is 0 Å². The number of methoxy groups -OCH3 is 1. The van der Waals surface area contributed by atoms with Gasteiger partial charge in [-0.25, -0.2) is 0 Å². The van der Waals surface area contributed by atoms with Crippen LogP contribution in [-0.2, 0) is 6.42 Å². The molecular weight excluding hydrogens is 262 g/mol. The number of rotatable bonds is 4. The molecule has 21 heavy (non-hydrogen) atoms. The minimum absolute atomic E-state index is 0.259. The number of ether oxygens (including phenoxy) is 1. The zero-order valence-corrected chi connectivity index (χ0v) is 12.5. The zero-order valence-electron chi connectivity index (χ0n) is 12.5. The van der Waals surface area contributed by atoms with Crippen molar-refractivity contribution in [2.75, 3.05) is 7.11 Å². The van der Waals surface area contributed by atoms with Gasteiger partial charge in [-0.15, -0.1) is 0 Å². The Balaban J connectivity index is 1.74. The van der Waals surface area contributed by atoms with Crippen molar-refractivity contribution in [3.8, 4) is 11.5 Å². The number of phenols is 1. The summed E-state index contributed by atoms with van der Waals surface area (Å²) in [5.41, 5.74) is 3.57. The first kappa shape index (κ1) is 14.0. The highest BCUT2D eigenvalue weighted by Gasteiger charge is 2.25. The second-order valence-electron chi connectivity index (χ2n) is 5.60. The van der Waals surface area contributed by atoms with Crippen molar-refractivity contribution in [1.82, 2.24) is 5.32 Å². The fraction of sp³-hybridized carbons (Fsp3) is 0.333. The molecule has 2 aromatic carbocycles. The maximum atomic E-state index is 9.92. The second kappa shape index (κ2) is 5.78. The Bertz CT molecular complexity index is 622. The van der Waals surface area contributed by atoms with Gasteiger partial charge >= 0.3 is 0 Å². The third-order valence-corrected chi connectivity index (χ3v) is 4.31. The average Bonchev–Trinajstić information content (AvgIpc) is 2.92. The van der Waals surface area contributed by atoms with Crippen LogP contribution in [0, 0.1) is 0 Å². The van der Waals surface area contributed by atoms with Crippen molar-refractivity contribution >= 4 is 0 Å². The molecule has 0 saturated carbocycles. The van der Waals surface area contributed by atoms with Crippen LogP contribution >= 0.6 is 0 Å². The standard InChI is InChI=1S/C18H21NO2/c1-12(13-6-8-14(21-2)9-7-13)19-17-11-10-16-15(17)4-3-5-18(16)20/h3-9,12,17,19-20H,10-11H2,1-2H3. The van der Waals surface area contributed by atoms with E-state index in [1.807, 2.05) is 18.2 Å². The Kier molecular flexibility index (Phi) is 3.84. The van der Waals surface area contributed by atoms with Gasteiger partial charge in [0.1, 0.15) is 11.5 Å². The van der Waals surface area contributed by atoms with Crippen LogP contribution in [0.1, 0.15) is 42.1 Å². The quantitative estimate of drug-likeness (QED) is 0.898. The maximum Gasteiger partial charge on any atom is 0.119 e. The van der Waals surface area contributed by atoms with Gasteiger partial charge in [0.25, 0.3) is 0 Å². The van der Waals surface area contributed by atoms with Gasteiger partial charge in [-0.2, -0.15) is 0 Å². The fourth-order valence-corrected chi connectivity index (χ4v) is 3.10. The van der Waals surface area contributed by atoms with E-state index in [4.69, 9.17) is 4.74 Å². The molecule has 1 aliphatic carbocycles. The van der Waals surface area contributed by atoms with Gasteiger partial charge in [-0.3, -0.25) is 0 Å². The Morgan fingerprint density at radius 1 is 1.19 bits per heavy atom. The van der Waals surface area contributed by atoms with Crippen molar-refractivity contribution in [3.63, 3.8) is 0 Å². The van der Waals surface area contributed by atoms with Crippen LogP contribution in [0.3, 0.4) is 0 Å². The number of hydrogen-bond donors (Lipinski definition) is 2. The molecule has 0 spiro atoms. The molecule has 0 aromatic heterocycles. The first-order chi connectivity index (χ1) is 10.2. The lowest BCUT2D eigenvalue weighted by Crippen LogP contribution is -2.22. The lowest BCUT2D eigenvalue weighted by molar-refractivity contribution is 0.414. The number of aromatic hydroxyl groups is 1. The van der Waals surface area contributed by atoms with Gasteiger partial charge in [0.05, 0.1) is 7.11 Å². The molecule has 0 bridgehead atoms. The molecule has 3 heteroatoms. The average molecular weight is 283 g/mol. The van der Waals surface area contributed by atoms with Crippen molar-refractivity contribution in [3.05, 3.63) is 59.2 Å². The molecule has 0 amide bonds. The van der Waals surface area contributed by atoms with E-state index in [0.29, 0.717) is 11.8 Å². The number of nitrogens with one attached hydrogen (secondary N) is 1. The van der Waals surface area contributed by atoms with Gasteiger partial charge in [-0.05, 0) is 54.7 Å². The van der Waals surface area contributed by atoms with Crippen molar-refractivity contribution in [2.45, 2.75) is 31.8 Å². The second-order valence-corrected chi connectivity index (χ2v) is 5.60. The monoisotopic (exact) mass is 283 g/mol. The molecule has 3 rings (SSSR count). The summed E-state index contributed by atoms with van der Waals surface area (Å²) < 4.78 is 5.19. The molecular formula is C18H21NO2. The fourth-order valence-electron chi connectivity index (χ4n) is 3.10. The highest BCUT2D eigenvalue weighted by atomic mass is 16.5. The van der Waals surface area contributed by atoms with E-state index in [1.165, 1.54) is 11.1 Å². The number of hydrogen-bond acceptors (Lipinski definition) is 3. The molecule has 0 fully saturated rings. The van der Waals surface area contributed by atoms with E-state index in [0.717, 1.165) is 24.2 Å². The molecule has 2 unspecified atom stereocenters. The van der Waals surface area contributed by atoms with Crippen molar-refractivity contribution in [1.29, 1.82) is 0 Å². The molecule has 2 aromatic rings. The van der Waals surface area contributed by atoms with Crippen LogP contribution in [0.25, 0.3) is 0 Å². The highest BCUT2D eigenvalue weighted by molar-refractivity contribution is 5.44. The van der Waals surface area contributed by atoms with Gasteiger partial charge in [0.2, 0.25) is 0 Å². The van der Waals surface area contributed by atoms with E-state index in [1.54, 1.807) is 13.2 Å². The first-order valence-electron chi connectivity index (χ1n) is 7.40. The van der Waals surface area contributed by atoms with Gasteiger partial charge in [-0.1, -0.05) is 24.3 Å². The maximum absolute atomic E-state index is 9.92. The third-order valence-electron chi connectivity index (χ3n) is 4.31. The number of phenolic OH excluding ortho intramolecular Hbond substituents is 1. The van der Waals surface area contributed by atoms with Gasteiger partial charge in [0, 0.05) is 12.1 Å². The van der Waals surface area contributed by atoms with E-state index in [9.17, 15) is 5.11 Å². The molecule has 3 nitrogen and oxygen atoms in total. The van der Waals surface area contributed by atoms with E-state index in [-0.39, 0.29) is 6.04 Å². The Hall–Kier alpha value is -2.00. The normalized spacial score (nSPS) is 18.3. The molecule has 2 atom stereocenters. The largest absolute Gasteiger partial charge is 0.508 e. The summed E-state index contributed by atoms with van der Waals surface area (Å²) in [6.45, 7) is 2.17. The summed E-state index contributed by atoms with van der Waals surface area (Å²) in [5, 5.41) is 13.6. The van der Waals surface area contributed by atoms with E-state index in [2.05, 4.69) is 30.4 Å². The minimum atomic E-state index is 0.259. The zero-order chi connectivity index (χ0) is 14.8. The predicted octanol–water partition coefficient (Wildman–Crippen LogP) is 3.74. The number of benzene rings is 2. The summed E-state index contributed by atoms with van der Waals surface area (Å²) >= 11 is 0. The first-order valence-corrected chi connectivity index (χ1v) is 7.40. The smallest absolute Gasteiger partial charge is 0.119 e. The van der Waals surface area contributed by atoms with Crippen LogP contribution in [0.4, 0.5) is 0 Å². The molecule has 2 N–H and O–H groups in total.